The van der Waals surface area contributed by atoms with Gasteiger partial charge >= 0.3 is 0 Å². The molecule has 25 heavy (non-hydrogen) atoms. The molecule has 3 aromatic rings. The molecule has 2 N–H and O–H groups in total. The van der Waals surface area contributed by atoms with E-state index in [0.29, 0.717) is 5.56 Å². The molecule has 0 bridgehead atoms. The van der Waals surface area contributed by atoms with E-state index < -0.39 is 0 Å². The predicted molar refractivity (Wildman–Crippen MR) is 101 cm³/mol. The highest BCUT2D eigenvalue weighted by molar-refractivity contribution is 7.97. The lowest BCUT2D eigenvalue weighted by molar-refractivity contribution is 0.0947. The van der Waals surface area contributed by atoms with E-state index in [1.807, 2.05) is 72.8 Å². The summed E-state index contributed by atoms with van der Waals surface area (Å²) >= 11 is 1.35. The number of hydrogen-bond donors (Lipinski definition) is 2. The van der Waals surface area contributed by atoms with E-state index in [9.17, 15) is 4.79 Å². The van der Waals surface area contributed by atoms with Gasteiger partial charge in [0.25, 0.3) is 5.91 Å². The van der Waals surface area contributed by atoms with Crippen LogP contribution in [0.2, 0.25) is 0 Å². The zero-order valence-electron chi connectivity index (χ0n) is 13.7. The maximum absolute atomic E-state index is 12.3. The standard InChI is InChI=1S/C20H18N2O2S/c1-24-18-10-6-8-16(14-18)15-7-5-9-17(13-15)20(23)21-22-25-19-11-3-2-4-12-19/h2-14,22H,1H3,(H,21,23). The van der Waals surface area contributed by atoms with E-state index in [1.165, 1.54) is 11.9 Å². The highest BCUT2D eigenvalue weighted by Gasteiger charge is 2.07. The van der Waals surface area contributed by atoms with Gasteiger partial charge in [0.1, 0.15) is 5.75 Å². The Balaban J connectivity index is 1.67. The maximum atomic E-state index is 12.3. The first-order valence-electron chi connectivity index (χ1n) is 7.78. The number of carbonyl (C=O) groups excluding carboxylic acids is 1. The van der Waals surface area contributed by atoms with Gasteiger partial charge < -0.3 is 4.74 Å². The first-order valence-corrected chi connectivity index (χ1v) is 8.59. The molecule has 5 heteroatoms. The van der Waals surface area contributed by atoms with Gasteiger partial charge in [0.2, 0.25) is 0 Å². The molecule has 126 valence electrons. The van der Waals surface area contributed by atoms with Crippen LogP contribution >= 0.6 is 11.9 Å². The minimum atomic E-state index is -0.187. The Morgan fingerprint density at radius 2 is 1.60 bits per heavy atom. The average molecular weight is 350 g/mol. The van der Waals surface area contributed by atoms with E-state index in [-0.39, 0.29) is 5.91 Å². The Bertz CT molecular complexity index is 853. The van der Waals surface area contributed by atoms with E-state index in [2.05, 4.69) is 10.3 Å². The number of hydrazine groups is 1. The molecule has 3 aromatic carbocycles. The van der Waals surface area contributed by atoms with Crippen LogP contribution in [-0.2, 0) is 0 Å². The second kappa shape index (κ2) is 8.37. The number of amides is 1. The molecule has 0 radical (unpaired) electrons. The van der Waals surface area contributed by atoms with Crippen molar-refractivity contribution < 1.29 is 9.53 Å². The zero-order valence-corrected chi connectivity index (χ0v) is 14.5. The van der Waals surface area contributed by atoms with Gasteiger partial charge in [-0.05, 0) is 59.5 Å². The van der Waals surface area contributed by atoms with Crippen LogP contribution < -0.4 is 15.0 Å². The molecular weight excluding hydrogens is 332 g/mol. The molecule has 0 saturated carbocycles. The lowest BCUT2D eigenvalue weighted by Gasteiger charge is -2.09. The molecule has 0 spiro atoms. The van der Waals surface area contributed by atoms with Crippen molar-refractivity contribution in [3.05, 3.63) is 84.4 Å². The maximum Gasteiger partial charge on any atom is 0.266 e. The number of benzene rings is 3. The number of ether oxygens (including phenoxy) is 1. The molecule has 0 atom stereocenters. The topological polar surface area (TPSA) is 50.4 Å². The average Bonchev–Trinajstić information content (AvgIpc) is 2.69. The van der Waals surface area contributed by atoms with Crippen molar-refractivity contribution in [1.82, 2.24) is 10.3 Å². The Labute approximate surface area is 151 Å². The van der Waals surface area contributed by atoms with Gasteiger partial charge in [-0.3, -0.25) is 10.2 Å². The summed E-state index contributed by atoms with van der Waals surface area (Å²) in [4.78, 5) is 16.2. The van der Waals surface area contributed by atoms with Crippen molar-refractivity contribution in [1.29, 1.82) is 0 Å². The van der Waals surface area contributed by atoms with Crippen molar-refractivity contribution >= 4 is 17.9 Å². The molecule has 0 aliphatic carbocycles. The molecule has 0 aliphatic heterocycles. The minimum Gasteiger partial charge on any atom is -0.497 e. The molecular formula is C20H18N2O2S. The number of nitrogens with one attached hydrogen (secondary N) is 2. The fourth-order valence-corrected chi connectivity index (χ4v) is 2.89. The van der Waals surface area contributed by atoms with Gasteiger partial charge in [0, 0.05) is 10.5 Å². The Hall–Kier alpha value is -2.76. The third kappa shape index (κ3) is 4.62. The van der Waals surface area contributed by atoms with E-state index in [4.69, 9.17) is 4.74 Å². The fraction of sp³-hybridized carbons (Fsp3) is 0.0500. The number of methoxy groups -OCH3 is 1. The molecule has 0 aliphatic rings. The number of rotatable bonds is 6. The molecule has 4 nitrogen and oxygen atoms in total. The van der Waals surface area contributed by atoms with Crippen molar-refractivity contribution in [3.8, 4) is 16.9 Å². The molecule has 0 saturated heterocycles. The van der Waals surface area contributed by atoms with Crippen molar-refractivity contribution in [2.75, 3.05) is 7.11 Å². The normalized spacial score (nSPS) is 10.3. The SMILES string of the molecule is COc1cccc(-c2cccc(C(=O)NNSc3ccccc3)c2)c1. The fourth-order valence-electron chi connectivity index (χ4n) is 2.33. The Kier molecular flexibility index (Phi) is 5.72. The largest absolute Gasteiger partial charge is 0.497 e. The van der Waals surface area contributed by atoms with Crippen LogP contribution in [0.3, 0.4) is 0 Å². The number of hydrogen-bond acceptors (Lipinski definition) is 4. The third-order valence-corrected chi connectivity index (χ3v) is 4.32. The van der Waals surface area contributed by atoms with Gasteiger partial charge in [-0.25, -0.2) is 0 Å². The summed E-state index contributed by atoms with van der Waals surface area (Å²) in [7, 11) is 1.64. The van der Waals surface area contributed by atoms with E-state index in [1.54, 1.807) is 13.2 Å². The van der Waals surface area contributed by atoms with Crippen molar-refractivity contribution in [3.63, 3.8) is 0 Å². The quantitative estimate of drug-likeness (QED) is 0.514. The van der Waals surface area contributed by atoms with Crippen LogP contribution in [0, 0.1) is 0 Å². The summed E-state index contributed by atoms with van der Waals surface area (Å²) < 4.78 is 5.26. The molecule has 0 unspecified atom stereocenters. The van der Waals surface area contributed by atoms with Crippen LogP contribution in [-0.4, -0.2) is 13.0 Å². The van der Waals surface area contributed by atoms with Crippen LogP contribution in [0.5, 0.6) is 5.75 Å². The smallest absolute Gasteiger partial charge is 0.266 e. The second-order valence-corrected chi connectivity index (χ2v) is 6.16. The number of carbonyl (C=O) groups is 1. The minimum absolute atomic E-state index is 0.187. The van der Waals surface area contributed by atoms with Gasteiger partial charge in [-0.15, -0.1) is 0 Å². The summed E-state index contributed by atoms with van der Waals surface area (Å²) in [6.45, 7) is 0. The first kappa shape index (κ1) is 17.1. The summed E-state index contributed by atoms with van der Waals surface area (Å²) in [6, 6.07) is 25.0. The predicted octanol–water partition coefficient (Wildman–Crippen LogP) is 4.30. The first-order chi connectivity index (χ1) is 12.3. The van der Waals surface area contributed by atoms with Crippen LogP contribution in [0.15, 0.2) is 83.8 Å². The summed E-state index contributed by atoms with van der Waals surface area (Å²) in [6.07, 6.45) is 0. The summed E-state index contributed by atoms with van der Waals surface area (Å²) in [5.41, 5.74) is 5.24. The van der Waals surface area contributed by atoms with Crippen LogP contribution in [0.4, 0.5) is 0 Å². The Morgan fingerprint density at radius 1 is 0.880 bits per heavy atom. The monoisotopic (exact) mass is 350 g/mol. The zero-order chi connectivity index (χ0) is 17.5. The van der Waals surface area contributed by atoms with Crippen molar-refractivity contribution in [2.24, 2.45) is 0 Å². The molecule has 3 rings (SSSR count). The van der Waals surface area contributed by atoms with Gasteiger partial charge in [0.15, 0.2) is 0 Å². The molecule has 1 amide bonds. The van der Waals surface area contributed by atoms with Crippen LogP contribution in [0.25, 0.3) is 11.1 Å². The molecule has 0 aromatic heterocycles. The summed E-state index contributed by atoms with van der Waals surface area (Å²) in [5, 5.41) is 0. The Morgan fingerprint density at radius 3 is 2.36 bits per heavy atom. The van der Waals surface area contributed by atoms with Gasteiger partial charge in [0.05, 0.1) is 7.11 Å². The van der Waals surface area contributed by atoms with E-state index in [0.717, 1.165) is 21.8 Å². The van der Waals surface area contributed by atoms with Crippen molar-refractivity contribution in [2.45, 2.75) is 4.90 Å². The van der Waals surface area contributed by atoms with E-state index >= 15 is 0 Å². The third-order valence-electron chi connectivity index (χ3n) is 3.60. The highest BCUT2D eigenvalue weighted by Crippen LogP contribution is 2.24. The molecule has 0 heterocycles. The molecule has 0 fully saturated rings. The lowest BCUT2D eigenvalue weighted by atomic mass is 10.0. The van der Waals surface area contributed by atoms with Gasteiger partial charge in [-0.2, -0.15) is 4.83 Å². The second-order valence-electron chi connectivity index (χ2n) is 5.28. The highest BCUT2D eigenvalue weighted by atomic mass is 32.2. The van der Waals surface area contributed by atoms with Gasteiger partial charge in [-0.1, -0.05) is 42.5 Å². The summed E-state index contributed by atoms with van der Waals surface area (Å²) in [5.74, 6) is 0.599. The lowest BCUT2D eigenvalue weighted by Crippen LogP contribution is -2.32. The van der Waals surface area contributed by atoms with Crippen LogP contribution in [0.1, 0.15) is 10.4 Å².